The van der Waals surface area contributed by atoms with E-state index in [-0.39, 0.29) is 5.91 Å². The van der Waals surface area contributed by atoms with Gasteiger partial charge in [-0.15, -0.1) is 22.7 Å². The van der Waals surface area contributed by atoms with E-state index in [1.54, 1.807) is 11.3 Å². The summed E-state index contributed by atoms with van der Waals surface area (Å²) in [4.78, 5) is 19.5. The molecular formula is C16H13N3OS2. The molecule has 0 unspecified atom stereocenters. The summed E-state index contributed by atoms with van der Waals surface area (Å²) in [6.45, 7) is 4.04. The SMILES string of the molecule is Cc1ccc(NC(=O)c2cc3c(nc4sccn43)s2)c(C)c1. The van der Waals surface area contributed by atoms with Crippen LogP contribution in [0.15, 0.2) is 35.8 Å². The van der Waals surface area contributed by atoms with Crippen molar-refractivity contribution in [2.45, 2.75) is 13.8 Å². The zero-order valence-corrected chi connectivity index (χ0v) is 13.7. The summed E-state index contributed by atoms with van der Waals surface area (Å²) in [6.07, 6.45) is 1.98. The molecule has 0 saturated heterocycles. The summed E-state index contributed by atoms with van der Waals surface area (Å²) in [5, 5.41) is 4.98. The first-order chi connectivity index (χ1) is 10.6. The number of imidazole rings is 1. The Balaban J connectivity index is 1.68. The van der Waals surface area contributed by atoms with Gasteiger partial charge >= 0.3 is 0 Å². The number of amides is 1. The van der Waals surface area contributed by atoms with E-state index < -0.39 is 0 Å². The highest BCUT2D eigenvalue weighted by atomic mass is 32.1. The lowest BCUT2D eigenvalue weighted by Crippen LogP contribution is -2.11. The van der Waals surface area contributed by atoms with Crippen molar-refractivity contribution in [2.75, 3.05) is 5.32 Å². The van der Waals surface area contributed by atoms with Crippen molar-refractivity contribution < 1.29 is 4.79 Å². The van der Waals surface area contributed by atoms with Crippen molar-refractivity contribution in [1.29, 1.82) is 0 Å². The highest BCUT2D eigenvalue weighted by Gasteiger charge is 2.15. The van der Waals surface area contributed by atoms with Crippen molar-refractivity contribution in [3.8, 4) is 0 Å². The van der Waals surface area contributed by atoms with Crippen LogP contribution in [0.1, 0.15) is 20.8 Å². The van der Waals surface area contributed by atoms with Crippen LogP contribution >= 0.6 is 22.7 Å². The summed E-state index contributed by atoms with van der Waals surface area (Å²) >= 11 is 3.02. The lowest BCUT2D eigenvalue weighted by molar-refractivity contribution is 0.103. The quantitative estimate of drug-likeness (QED) is 0.590. The smallest absolute Gasteiger partial charge is 0.265 e. The average molecular weight is 327 g/mol. The molecule has 4 rings (SSSR count). The minimum atomic E-state index is -0.0843. The summed E-state index contributed by atoms with van der Waals surface area (Å²) in [7, 11) is 0. The van der Waals surface area contributed by atoms with E-state index in [0.717, 1.165) is 26.6 Å². The van der Waals surface area contributed by atoms with Gasteiger partial charge in [0, 0.05) is 17.3 Å². The first kappa shape index (κ1) is 13.5. The fraction of sp³-hybridized carbons (Fsp3) is 0.125. The van der Waals surface area contributed by atoms with E-state index in [1.807, 2.05) is 48.0 Å². The Morgan fingerprint density at radius 1 is 1.27 bits per heavy atom. The van der Waals surface area contributed by atoms with Crippen LogP contribution in [0.25, 0.3) is 15.3 Å². The number of thiophene rings is 1. The highest BCUT2D eigenvalue weighted by Crippen LogP contribution is 2.29. The molecule has 6 heteroatoms. The maximum absolute atomic E-state index is 12.5. The molecule has 4 aromatic rings. The monoisotopic (exact) mass is 327 g/mol. The van der Waals surface area contributed by atoms with Gasteiger partial charge in [0.15, 0.2) is 4.96 Å². The summed E-state index contributed by atoms with van der Waals surface area (Å²) < 4.78 is 2.02. The molecule has 0 aliphatic carbocycles. The van der Waals surface area contributed by atoms with Gasteiger partial charge in [-0.25, -0.2) is 4.98 Å². The Bertz CT molecular complexity index is 1010. The zero-order chi connectivity index (χ0) is 15.3. The number of rotatable bonds is 2. The van der Waals surface area contributed by atoms with Crippen LogP contribution in [0.3, 0.4) is 0 Å². The van der Waals surface area contributed by atoms with E-state index in [1.165, 1.54) is 16.9 Å². The second-order valence-corrected chi connectivity index (χ2v) is 7.14. The number of anilines is 1. The number of aromatic nitrogens is 2. The van der Waals surface area contributed by atoms with Crippen molar-refractivity contribution in [1.82, 2.24) is 9.38 Å². The minimum absolute atomic E-state index is 0.0843. The molecule has 0 bridgehead atoms. The first-order valence-corrected chi connectivity index (χ1v) is 8.55. The number of nitrogens with one attached hydrogen (secondary N) is 1. The van der Waals surface area contributed by atoms with E-state index >= 15 is 0 Å². The molecule has 0 aliphatic rings. The lowest BCUT2D eigenvalue weighted by Gasteiger charge is -2.07. The van der Waals surface area contributed by atoms with E-state index in [0.29, 0.717) is 4.88 Å². The first-order valence-electron chi connectivity index (χ1n) is 6.85. The minimum Gasteiger partial charge on any atom is -0.321 e. The molecular weight excluding hydrogens is 314 g/mol. The Kier molecular flexibility index (Phi) is 3.02. The average Bonchev–Trinajstić information content (AvgIpc) is 3.12. The second kappa shape index (κ2) is 4.93. The number of aryl methyl sites for hydroxylation is 2. The molecule has 4 nitrogen and oxygen atoms in total. The second-order valence-electron chi connectivity index (χ2n) is 5.24. The van der Waals surface area contributed by atoms with E-state index in [4.69, 9.17) is 0 Å². The van der Waals surface area contributed by atoms with Crippen LogP contribution in [0, 0.1) is 13.8 Å². The number of nitrogens with zero attached hydrogens (tertiary/aromatic N) is 2. The predicted octanol–water partition coefficient (Wildman–Crippen LogP) is 4.48. The van der Waals surface area contributed by atoms with Gasteiger partial charge in [-0.3, -0.25) is 9.20 Å². The highest BCUT2D eigenvalue weighted by molar-refractivity contribution is 7.21. The van der Waals surface area contributed by atoms with Gasteiger partial charge in [0.25, 0.3) is 5.91 Å². The number of hydrogen-bond donors (Lipinski definition) is 1. The molecule has 110 valence electrons. The molecule has 0 atom stereocenters. The van der Waals surface area contributed by atoms with E-state index in [9.17, 15) is 4.79 Å². The van der Waals surface area contributed by atoms with Crippen LogP contribution in [0.2, 0.25) is 0 Å². The van der Waals surface area contributed by atoms with Gasteiger partial charge in [0.2, 0.25) is 0 Å². The van der Waals surface area contributed by atoms with Crippen LogP contribution in [-0.2, 0) is 0 Å². The molecule has 1 aromatic carbocycles. The lowest BCUT2D eigenvalue weighted by atomic mass is 10.1. The van der Waals surface area contributed by atoms with Crippen molar-refractivity contribution in [3.63, 3.8) is 0 Å². The van der Waals surface area contributed by atoms with Crippen LogP contribution < -0.4 is 5.32 Å². The van der Waals surface area contributed by atoms with Gasteiger partial charge in [-0.05, 0) is 31.5 Å². The van der Waals surface area contributed by atoms with E-state index in [2.05, 4.69) is 16.4 Å². The molecule has 1 N–H and O–H groups in total. The number of benzene rings is 1. The Labute approximate surface area is 135 Å². The van der Waals surface area contributed by atoms with Gasteiger partial charge in [0.1, 0.15) is 4.83 Å². The van der Waals surface area contributed by atoms with Gasteiger partial charge in [0.05, 0.1) is 10.4 Å². The van der Waals surface area contributed by atoms with Gasteiger partial charge < -0.3 is 5.32 Å². The van der Waals surface area contributed by atoms with Crippen LogP contribution in [0.4, 0.5) is 5.69 Å². The summed E-state index contributed by atoms with van der Waals surface area (Å²) in [5.41, 5.74) is 4.10. The third-order valence-electron chi connectivity index (χ3n) is 3.59. The zero-order valence-electron chi connectivity index (χ0n) is 12.1. The van der Waals surface area contributed by atoms with Crippen LogP contribution in [0.5, 0.6) is 0 Å². The Morgan fingerprint density at radius 3 is 2.95 bits per heavy atom. The molecule has 0 spiro atoms. The molecule has 3 aromatic heterocycles. The number of carbonyl (C=O) groups excluding carboxylic acids is 1. The van der Waals surface area contributed by atoms with Crippen molar-refractivity contribution >= 4 is 49.6 Å². The number of thiazole rings is 1. The molecule has 1 amide bonds. The molecule has 3 heterocycles. The molecule has 22 heavy (non-hydrogen) atoms. The standard InChI is InChI=1S/C16H13N3OS2/c1-9-3-4-11(10(2)7-9)17-14(20)13-8-12-15(22-13)18-16-19(12)5-6-21-16/h3-8H,1-2H3,(H,17,20). The van der Waals surface area contributed by atoms with Crippen molar-refractivity contribution in [3.05, 3.63) is 51.8 Å². The number of carbonyl (C=O) groups is 1. The topological polar surface area (TPSA) is 46.4 Å². The fourth-order valence-electron chi connectivity index (χ4n) is 2.50. The number of hydrogen-bond acceptors (Lipinski definition) is 4. The predicted molar refractivity (Wildman–Crippen MR) is 92.3 cm³/mol. The summed E-state index contributed by atoms with van der Waals surface area (Å²) in [6, 6.07) is 7.91. The molecule has 0 saturated carbocycles. The maximum atomic E-state index is 12.5. The Hall–Kier alpha value is -2.18. The van der Waals surface area contributed by atoms with Gasteiger partial charge in [-0.1, -0.05) is 17.7 Å². The van der Waals surface area contributed by atoms with Gasteiger partial charge in [-0.2, -0.15) is 0 Å². The number of fused-ring (bicyclic) bond motifs is 3. The molecule has 0 radical (unpaired) electrons. The molecule has 0 fully saturated rings. The van der Waals surface area contributed by atoms with Crippen molar-refractivity contribution in [2.24, 2.45) is 0 Å². The van der Waals surface area contributed by atoms with Crippen LogP contribution in [-0.4, -0.2) is 15.3 Å². The largest absolute Gasteiger partial charge is 0.321 e. The maximum Gasteiger partial charge on any atom is 0.265 e. The Morgan fingerprint density at radius 2 is 2.14 bits per heavy atom. The third kappa shape index (κ3) is 2.12. The normalized spacial score (nSPS) is 11.4. The fourth-order valence-corrected chi connectivity index (χ4v) is 4.19. The third-order valence-corrected chi connectivity index (χ3v) is 5.37. The summed E-state index contributed by atoms with van der Waals surface area (Å²) in [5.74, 6) is -0.0843. The molecule has 0 aliphatic heterocycles.